The third-order valence-electron chi connectivity index (χ3n) is 4.07. The second kappa shape index (κ2) is 7.81. The highest BCUT2D eigenvalue weighted by molar-refractivity contribution is 5.78. The second-order valence-corrected chi connectivity index (χ2v) is 6.01. The van der Waals surface area contributed by atoms with E-state index in [0.717, 1.165) is 39.4 Å². The molecule has 2 heterocycles. The molecule has 0 saturated carbocycles. The molecule has 0 bridgehead atoms. The van der Waals surface area contributed by atoms with Crippen molar-refractivity contribution in [2.75, 3.05) is 72.6 Å². The fourth-order valence-corrected chi connectivity index (χ4v) is 2.67. The van der Waals surface area contributed by atoms with Gasteiger partial charge in [0.2, 0.25) is 0 Å². The van der Waals surface area contributed by atoms with Crippen molar-refractivity contribution < 1.29 is 4.74 Å². The molecule has 0 aromatic carbocycles. The maximum Gasteiger partial charge on any atom is 0.191 e. The van der Waals surface area contributed by atoms with Gasteiger partial charge in [-0.3, -0.25) is 4.99 Å². The van der Waals surface area contributed by atoms with Gasteiger partial charge in [0.1, 0.15) is 0 Å². The van der Waals surface area contributed by atoms with Gasteiger partial charge in [0.25, 0.3) is 0 Å². The van der Waals surface area contributed by atoms with Gasteiger partial charge >= 0.3 is 0 Å². The number of nitrogens with two attached hydrogens (primary N) is 1. The number of morpholine rings is 1. The molecule has 1 atom stereocenters. The quantitative estimate of drug-likeness (QED) is 0.558. The monoisotopic (exact) mass is 283 g/mol. The summed E-state index contributed by atoms with van der Waals surface area (Å²) in [6.45, 7) is 12.1. The molecule has 6 nitrogen and oxygen atoms in total. The highest BCUT2D eigenvalue weighted by atomic mass is 16.5. The van der Waals surface area contributed by atoms with E-state index in [-0.39, 0.29) is 0 Å². The first-order valence-electron chi connectivity index (χ1n) is 7.68. The van der Waals surface area contributed by atoms with E-state index in [1.807, 2.05) is 0 Å². The predicted octanol–water partition coefficient (Wildman–Crippen LogP) is -0.483. The van der Waals surface area contributed by atoms with Gasteiger partial charge in [0.15, 0.2) is 5.96 Å². The van der Waals surface area contributed by atoms with Crippen molar-refractivity contribution in [3.63, 3.8) is 0 Å². The minimum Gasteiger partial charge on any atom is -0.378 e. The van der Waals surface area contributed by atoms with Crippen LogP contribution in [-0.4, -0.2) is 93.3 Å². The first-order chi connectivity index (χ1) is 9.65. The molecule has 0 spiro atoms. The minimum absolute atomic E-state index is 0.554. The van der Waals surface area contributed by atoms with Crippen LogP contribution < -0.4 is 5.73 Å². The van der Waals surface area contributed by atoms with Crippen molar-refractivity contribution in [1.29, 1.82) is 0 Å². The summed E-state index contributed by atoms with van der Waals surface area (Å²) >= 11 is 0. The Morgan fingerprint density at radius 2 is 1.80 bits per heavy atom. The van der Waals surface area contributed by atoms with Crippen LogP contribution in [0, 0.1) is 5.92 Å². The van der Waals surface area contributed by atoms with E-state index < -0.39 is 0 Å². The third kappa shape index (κ3) is 4.92. The summed E-state index contributed by atoms with van der Waals surface area (Å²) in [5, 5.41) is 0. The molecule has 20 heavy (non-hydrogen) atoms. The van der Waals surface area contributed by atoms with Crippen LogP contribution in [0.1, 0.15) is 6.92 Å². The predicted molar refractivity (Wildman–Crippen MR) is 82.0 cm³/mol. The normalized spacial score (nSPS) is 24.9. The van der Waals surface area contributed by atoms with Crippen molar-refractivity contribution in [1.82, 2.24) is 14.7 Å². The molecule has 1 unspecified atom stereocenters. The standard InChI is InChI=1S/C14H29N5O/c1-13(12-18-5-3-17(2)4-6-18)11-16-14(15)19-7-9-20-10-8-19/h13H,3-12H2,1-2H3,(H2,15,16). The van der Waals surface area contributed by atoms with Crippen LogP contribution in [0.4, 0.5) is 0 Å². The summed E-state index contributed by atoms with van der Waals surface area (Å²) in [5.41, 5.74) is 6.05. The molecule has 2 N–H and O–H groups in total. The van der Waals surface area contributed by atoms with Crippen molar-refractivity contribution in [3.05, 3.63) is 0 Å². The van der Waals surface area contributed by atoms with Gasteiger partial charge in [-0.2, -0.15) is 0 Å². The molecule has 6 heteroatoms. The van der Waals surface area contributed by atoms with E-state index in [9.17, 15) is 0 Å². The van der Waals surface area contributed by atoms with Crippen LogP contribution in [0.25, 0.3) is 0 Å². The number of aliphatic imine (C=N–C) groups is 1. The summed E-state index contributed by atoms with van der Waals surface area (Å²) in [7, 11) is 2.19. The summed E-state index contributed by atoms with van der Waals surface area (Å²) in [4.78, 5) is 11.6. The zero-order valence-electron chi connectivity index (χ0n) is 12.9. The average molecular weight is 283 g/mol. The SMILES string of the molecule is CC(CN=C(N)N1CCOCC1)CN1CCN(C)CC1. The zero-order chi connectivity index (χ0) is 14.4. The first kappa shape index (κ1) is 15.5. The van der Waals surface area contributed by atoms with E-state index in [0.29, 0.717) is 11.9 Å². The molecule has 0 radical (unpaired) electrons. The van der Waals surface area contributed by atoms with Crippen LogP contribution in [0.5, 0.6) is 0 Å². The van der Waals surface area contributed by atoms with Gasteiger partial charge in [-0.25, -0.2) is 0 Å². The van der Waals surface area contributed by atoms with Crippen LogP contribution >= 0.6 is 0 Å². The van der Waals surface area contributed by atoms with Gasteiger partial charge in [0.05, 0.1) is 13.2 Å². The number of rotatable bonds is 4. The van der Waals surface area contributed by atoms with Crippen molar-refractivity contribution >= 4 is 5.96 Å². The Kier molecular flexibility index (Phi) is 6.06. The molecule has 0 aromatic heterocycles. The minimum atomic E-state index is 0.554. The second-order valence-electron chi connectivity index (χ2n) is 6.01. The van der Waals surface area contributed by atoms with Crippen LogP contribution in [0.3, 0.4) is 0 Å². The topological polar surface area (TPSA) is 57.3 Å². The van der Waals surface area contributed by atoms with Gasteiger partial charge in [-0.15, -0.1) is 0 Å². The Morgan fingerprint density at radius 3 is 2.45 bits per heavy atom. The summed E-state index contributed by atoms with van der Waals surface area (Å²) in [5.74, 6) is 1.23. The van der Waals surface area contributed by atoms with E-state index in [4.69, 9.17) is 10.5 Å². The number of likely N-dealkylation sites (N-methyl/N-ethyl adjacent to an activating group) is 1. The Morgan fingerprint density at radius 1 is 1.15 bits per heavy atom. The Balaban J connectivity index is 1.69. The fraction of sp³-hybridized carbons (Fsp3) is 0.929. The first-order valence-corrected chi connectivity index (χ1v) is 7.68. The van der Waals surface area contributed by atoms with Crippen LogP contribution in [-0.2, 0) is 4.74 Å². The lowest BCUT2D eigenvalue weighted by Gasteiger charge is -2.33. The molecule has 0 aromatic rings. The van der Waals surface area contributed by atoms with Gasteiger partial charge < -0.3 is 25.2 Å². The Labute approximate surface area is 122 Å². The largest absolute Gasteiger partial charge is 0.378 e. The van der Waals surface area contributed by atoms with Crippen molar-refractivity contribution in [2.45, 2.75) is 6.92 Å². The van der Waals surface area contributed by atoms with Crippen LogP contribution in [0.15, 0.2) is 4.99 Å². The van der Waals surface area contributed by atoms with E-state index in [1.54, 1.807) is 0 Å². The molecule has 2 aliphatic rings. The van der Waals surface area contributed by atoms with Gasteiger partial charge in [-0.1, -0.05) is 6.92 Å². The van der Waals surface area contributed by atoms with Crippen molar-refractivity contribution in [2.24, 2.45) is 16.6 Å². The molecule has 2 rings (SSSR count). The lowest BCUT2D eigenvalue weighted by molar-refractivity contribution is 0.0673. The fourth-order valence-electron chi connectivity index (χ4n) is 2.67. The van der Waals surface area contributed by atoms with E-state index in [2.05, 4.69) is 33.7 Å². The maximum absolute atomic E-state index is 6.05. The molecule has 0 amide bonds. The van der Waals surface area contributed by atoms with Gasteiger partial charge in [0, 0.05) is 52.4 Å². The number of piperazine rings is 1. The lowest BCUT2D eigenvalue weighted by Crippen LogP contribution is -2.46. The summed E-state index contributed by atoms with van der Waals surface area (Å²) < 4.78 is 5.32. The zero-order valence-corrected chi connectivity index (χ0v) is 12.9. The summed E-state index contributed by atoms with van der Waals surface area (Å²) in [6.07, 6.45) is 0. The highest BCUT2D eigenvalue weighted by Gasteiger charge is 2.16. The lowest BCUT2D eigenvalue weighted by atomic mass is 10.1. The molecule has 2 fully saturated rings. The number of guanidine groups is 1. The molecular formula is C14H29N5O. The Hall–Kier alpha value is -0.850. The highest BCUT2D eigenvalue weighted by Crippen LogP contribution is 2.05. The number of ether oxygens (including phenoxy) is 1. The number of hydrogen-bond donors (Lipinski definition) is 1. The van der Waals surface area contributed by atoms with Gasteiger partial charge in [-0.05, 0) is 13.0 Å². The average Bonchev–Trinajstić information content (AvgIpc) is 2.48. The number of hydrogen-bond acceptors (Lipinski definition) is 4. The maximum atomic E-state index is 6.05. The molecule has 2 aliphatic heterocycles. The Bertz CT molecular complexity index is 309. The molecule has 0 aliphatic carbocycles. The third-order valence-corrected chi connectivity index (χ3v) is 4.07. The molecular weight excluding hydrogens is 254 g/mol. The van der Waals surface area contributed by atoms with E-state index >= 15 is 0 Å². The molecule has 116 valence electrons. The van der Waals surface area contributed by atoms with Crippen LogP contribution in [0.2, 0.25) is 0 Å². The number of nitrogens with zero attached hydrogens (tertiary/aromatic N) is 4. The summed E-state index contributed by atoms with van der Waals surface area (Å²) in [6, 6.07) is 0. The molecule has 2 saturated heterocycles. The smallest absolute Gasteiger partial charge is 0.191 e. The van der Waals surface area contributed by atoms with E-state index in [1.165, 1.54) is 26.2 Å². The van der Waals surface area contributed by atoms with Crippen molar-refractivity contribution in [3.8, 4) is 0 Å².